The highest BCUT2D eigenvalue weighted by molar-refractivity contribution is 5.76. The molecule has 0 aliphatic rings. The van der Waals surface area contributed by atoms with Gasteiger partial charge in [0.1, 0.15) is 0 Å². The van der Waals surface area contributed by atoms with Crippen molar-refractivity contribution in [1.29, 1.82) is 0 Å². The van der Waals surface area contributed by atoms with Crippen molar-refractivity contribution in [3.63, 3.8) is 0 Å². The fourth-order valence-electron chi connectivity index (χ4n) is 1.67. The van der Waals surface area contributed by atoms with E-state index in [0.717, 1.165) is 0 Å². The average Bonchev–Trinajstić information content (AvgIpc) is 2.31. The van der Waals surface area contributed by atoms with Crippen LogP contribution in [-0.4, -0.2) is 24.4 Å². The maximum Gasteiger partial charge on any atom is 0.222 e. The third kappa shape index (κ3) is 4.19. The van der Waals surface area contributed by atoms with Crippen LogP contribution in [-0.2, 0) is 11.3 Å². The van der Waals surface area contributed by atoms with Crippen molar-refractivity contribution in [2.24, 2.45) is 11.7 Å². The first-order valence-corrected chi connectivity index (χ1v) is 6.03. The van der Waals surface area contributed by atoms with Gasteiger partial charge in [0.15, 0.2) is 0 Å². The van der Waals surface area contributed by atoms with Gasteiger partial charge in [-0.25, -0.2) is 0 Å². The van der Waals surface area contributed by atoms with Crippen LogP contribution >= 0.6 is 0 Å². The maximum absolute atomic E-state index is 11.9. The van der Waals surface area contributed by atoms with E-state index in [9.17, 15) is 4.79 Å². The Morgan fingerprint density at radius 3 is 2.65 bits per heavy atom. The first kappa shape index (κ1) is 13.7. The van der Waals surface area contributed by atoms with E-state index in [1.165, 1.54) is 11.1 Å². The fraction of sp³-hybridized carbons (Fsp3) is 0.500. The highest BCUT2D eigenvalue weighted by atomic mass is 16.2. The van der Waals surface area contributed by atoms with E-state index >= 15 is 0 Å². The minimum absolute atomic E-state index is 0.159. The van der Waals surface area contributed by atoms with Crippen LogP contribution in [0.3, 0.4) is 0 Å². The molecule has 17 heavy (non-hydrogen) atoms. The summed E-state index contributed by atoms with van der Waals surface area (Å²) in [5.74, 6) is 0.410. The highest BCUT2D eigenvalue weighted by Gasteiger charge is 2.13. The summed E-state index contributed by atoms with van der Waals surface area (Å²) >= 11 is 0. The predicted molar refractivity (Wildman–Crippen MR) is 70.5 cm³/mol. The number of amides is 1. The summed E-state index contributed by atoms with van der Waals surface area (Å²) in [7, 11) is 1.85. The molecule has 3 nitrogen and oxygen atoms in total. The predicted octanol–water partition coefficient (Wildman–Crippen LogP) is 1.94. The monoisotopic (exact) mass is 234 g/mol. The maximum atomic E-state index is 11.9. The molecule has 1 rings (SSSR count). The van der Waals surface area contributed by atoms with Gasteiger partial charge in [0.2, 0.25) is 5.91 Å². The molecule has 1 aromatic rings. The molecule has 1 atom stereocenters. The van der Waals surface area contributed by atoms with Gasteiger partial charge in [-0.3, -0.25) is 4.79 Å². The minimum Gasteiger partial charge on any atom is -0.341 e. The molecule has 1 unspecified atom stereocenters. The zero-order valence-corrected chi connectivity index (χ0v) is 10.9. The molecule has 0 radical (unpaired) electrons. The molecule has 0 heterocycles. The largest absolute Gasteiger partial charge is 0.341 e. The first-order valence-electron chi connectivity index (χ1n) is 6.03. The number of nitrogens with zero attached hydrogens (tertiary/aromatic N) is 1. The number of aryl methyl sites for hydroxylation is 1. The lowest BCUT2D eigenvalue weighted by atomic mass is 10.1. The van der Waals surface area contributed by atoms with E-state index in [1.54, 1.807) is 4.90 Å². The second-order valence-corrected chi connectivity index (χ2v) is 4.72. The zero-order valence-electron chi connectivity index (χ0n) is 10.9. The van der Waals surface area contributed by atoms with Crippen molar-refractivity contribution in [3.05, 3.63) is 35.4 Å². The van der Waals surface area contributed by atoms with Crippen LogP contribution < -0.4 is 5.73 Å². The average molecular weight is 234 g/mol. The van der Waals surface area contributed by atoms with Crippen LogP contribution in [0.5, 0.6) is 0 Å². The van der Waals surface area contributed by atoms with Crippen molar-refractivity contribution >= 4 is 5.91 Å². The topological polar surface area (TPSA) is 46.3 Å². The molecule has 0 saturated carbocycles. The Labute approximate surface area is 104 Å². The van der Waals surface area contributed by atoms with Gasteiger partial charge in [-0.2, -0.15) is 0 Å². The third-order valence-corrected chi connectivity index (χ3v) is 3.02. The van der Waals surface area contributed by atoms with Crippen molar-refractivity contribution in [2.45, 2.75) is 26.8 Å². The Bertz CT molecular complexity index is 376. The molecule has 0 aliphatic carbocycles. The standard InChI is InChI=1S/C14H22N2O/c1-11(9-15)8-14(17)16(3)10-13-7-5-4-6-12(13)2/h4-7,11H,8-10,15H2,1-3H3. The molecule has 2 N–H and O–H groups in total. The molecule has 0 bridgehead atoms. The molecule has 3 heteroatoms. The van der Waals surface area contributed by atoms with Crippen LogP contribution in [0.1, 0.15) is 24.5 Å². The Hall–Kier alpha value is -1.35. The summed E-state index contributed by atoms with van der Waals surface area (Å²) in [6, 6.07) is 8.14. The molecular formula is C14H22N2O. The van der Waals surface area contributed by atoms with Crippen LogP contribution in [0.4, 0.5) is 0 Å². The van der Waals surface area contributed by atoms with Gasteiger partial charge in [0.25, 0.3) is 0 Å². The number of carbonyl (C=O) groups is 1. The van der Waals surface area contributed by atoms with Gasteiger partial charge in [-0.05, 0) is 30.5 Å². The molecule has 0 saturated heterocycles. The van der Waals surface area contributed by atoms with Gasteiger partial charge in [0.05, 0.1) is 0 Å². The smallest absolute Gasteiger partial charge is 0.222 e. The van der Waals surface area contributed by atoms with Crippen LogP contribution in [0.2, 0.25) is 0 Å². The number of hydrogen-bond donors (Lipinski definition) is 1. The normalized spacial score (nSPS) is 12.2. The Morgan fingerprint density at radius 2 is 2.06 bits per heavy atom. The second kappa shape index (κ2) is 6.40. The SMILES string of the molecule is Cc1ccccc1CN(C)C(=O)CC(C)CN. The number of carbonyl (C=O) groups excluding carboxylic acids is 1. The minimum atomic E-state index is 0.159. The molecule has 0 aromatic heterocycles. The van der Waals surface area contributed by atoms with Gasteiger partial charge in [0, 0.05) is 20.0 Å². The van der Waals surface area contributed by atoms with E-state index in [-0.39, 0.29) is 11.8 Å². The fourth-order valence-corrected chi connectivity index (χ4v) is 1.67. The Balaban J connectivity index is 2.57. The van der Waals surface area contributed by atoms with Crippen molar-refractivity contribution in [2.75, 3.05) is 13.6 Å². The third-order valence-electron chi connectivity index (χ3n) is 3.02. The molecule has 0 aliphatic heterocycles. The lowest BCUT2D eigenvalue weighted by Gasteiger charge is -2.20. The molecule has 94 valence electrons. The second-order valence-electron chi connectivity index (χ2n) is 4.72. The highest BCUT2D eigenvalue weighted by Crippen LogP contribution is 2.11. The van der Waals surface area contributed by atoms with Crippen molar-refractivity contribution in [3.8, 4) is 0 Å². The van der Waals surface area contributed by atoms with Gasteiger partial charge >= 0.3 is 0 Å². The summed E-state index contributed by atoms with van der Waals surface area (Å²) in [6.07, 6.45) is 0.527. The van der Waals surface area contributed by atoms with E-state index in [0.29, 0.717) is 19.5 Å². The van der Waals surface area contributed by atoms with Crippen molar-refractivity contribution in [1.82, 2.24) is 4.90 Å². The van der Waals surface area contributed by atoms with E-state index in [1.807, 2.05) is 26.1 Å². The molecule has 0 fully saturated rings. The van der Waals surface area contributed by atoms with E-state index in [2.05, 4.69) is 19.1 Å². The molecule has 1 amide bonds. The molecular weight excluding hydrogens is 212 g/mol. The quantitative estimate of drug-likeness (QED) is 0.846. The van der Waals surface area contributed by atoms with Gasteiger partial charge < -0.3 is 10.6 Å². The first-order chi connectivity index (χ1) is 8.04. The van der Waals surface area contributed by atoms with E-state index < -0.39 is 0 Å². The Kier molecular flexibility index (Phi) is 5.16. The van der Waals surface area contributed by atoms with Gasteiger partial charge in [-0.15, -0.1) is 0 Å². The number of nitrogens with two attached hydrogens (primary N) is 1. The lowest BCUT2D eigenvalue weighted by molar-refractivity contribution is -0.131. The number of rotatable bonds is 5. The number of hydrogen-bond acceptors (Lipinski definition) is 2. The zero-order chi connectivity index (χ0) is 12.8. The Morgan fingerprint density at radius 1 is 1.41 bits per heavy atom. The molecule has 0 spiro atoms. The van der Waals surface area contributed by atoms with Crippen LogP contribution in [0.25, 0.3) is 0 Å². The van der Waals surface area contributed by atoms with Crippen LogP contribution in [0.15, 0.2) is 24.3 Å². The summed E-state index contributed by atoms with van der Waals surface area (Å²) in [6.45, 7) is 5.29. The summed E-state index contributed by atoms with van der Waals surface area (Å²) in [5, 5.41) is 0. The van der Waals surface area contributed by atoms with Crippen LogP contribution in [0, 0.1) is 12.8 Å². The van der Waals surface area contributed by atoms with Crippen molar-refractivity contribution < 1.29 is 4.79 Å². The molecule has 1 aromatic carbocycles. The number of benzene rings is 1. The summed E-state index contributed by atoms with van der Waals surface area (Å²) < 4.78 is 0. The summed E-state index contributed by atoms with van der Waals surface area (Å²) in [5.41, 5.74) is 7.95. The summed E-state index contributed by atoms with van der Waals surface area (Å²) in [4.78, 5) is 13.7. The lowest BCUT2D eigenvalue weighted by Crippen LogP contribution is -2.29. The van der Waals surface area contributed by atoms with E-state index in [4.69, 9.17) is 5.73 Å². The van der Waals surface area contributed by atoms with Gasteiger partial charge in [-0.1, -0.05) is 31.2 Å².